The maximum Gasteiger partial charge on any atom is 0.240 e. The molecule has 1 aliphatic rings. The van der Waals surface area contributed by atoms with Gasteiger partial charge in [0.15, 0.2) is 0 Å². The van der Waals surface area contributed by atoms with Crippen molar-refractivity contribution in [2.24, 2.45) is 5.73 Å². The first-order valence-electron chi connectivity index (χ1n) is 5.67. The Bertz CT molecular complexity index is 396. The van der Waals surface area contributed by atoms with Gasteiger partial charge in [-0.2, -0.15) is 0 Å². The van der Waals surface area contributed by atoms with Gasteiger partial charge in [-0.25, -0.2) is 0 Å². The Morgan fingerprint density at radius 2 is 2.29 bits per heavy atom. The highest BCUT2D eigenvalue weighted by Crippen LogP contribution is 2.17. The SMILES string of the molecule is Cc1cc(CNC(=O)C2(N)CCOCC2)no1. The molecule has 17 heavy (non-hydrogen) atoms. The van der Waals surface area contributed by atoms with E-state index in [1.807, 2.05) is 0 Å². The molecule has 0 aromatic carbocycles. The number of amides is 1. The van der Waals surface area contributed by atoms with Crippen molar-refractivity contribution in [3.05, 3.63) is 17.5 Å². The van der Waals surface area contributed by atoms with Crippen LogP contribution >= 0.6 is 0 Å². The van der Waals surface area contributed by atoms with Crippen LogP contribution in [-0.2, 0) is 16.1 Å². The van der Waals surface area contributed by atoms with Gasteiger partial charge in [-0.3, -0.25) is 4.79 Å². The smallest absolute Gasteiger partial charge is 0.240 e. The Morgan fingerprint density at radius 3 is 2.88 bits per heavy atom. The Morgan fingerprint density at radius 1 is 1.59 bits per heavy atom. The molecule has 0 atom stereocenters. The van der Waals surface area contributed by atoms with Gasteiger partial charge in [0.25, 0.3) is 0 Å². The number of hydrogen-bond donors (Lipinski definition) is 2. The lowest BCUT2D eigenvalue weighted by molar-refractivity contribution is -0.129. The summed E-state index contributed by atoms with van der Waals surface area (Å²) in [6.45, 7) is 3.22. The summed E-state index contributed by atoms with van der Waals surface area (Å²) in [5, 5.41) is 6.58. The molecule has 0 saturated carbocycles. The number of nitrogens with one attached hydrogen (secondary N) is 1. The molecule has 0 spiro atoms. The fourth-order valence-electron chi connectivity index (χ4n) is 1.81. The second kappa shape index (κ2) is 4.85. The summed E-state index contributed by atoms with van der Waals surface area (Å²) in [5.74, 6) is 0.573. The number of nitrogens with two attached hydrogens (primary N) is 1. The van der Waals surface area contributed by atoms with Gasteiger partial charge >= 0.3 is 0 Å². The maximum absolute atomic E-state index is 11.9. The molecule has 3 N–H and O–H groups in total. The molecule has 6 nitrogen and oxygen atoms in total. The maximum atomic E-state index is 11.9. The van der Waals surface area contributed by atoms with Crippen molar-refractivity contribution in [3.8, 4) is 0 Å². The number of aromatic nitrogens is 1. The van der Waals surface area contributed by atoms with Gasteiger partial charge in [0.05, 0.1) is 12.1 Å². The van der Waals surface area contributed by atoms with E-state index in [0.717, 1.165) is 5.76 Å². The van der Waals surface area contributed by atoms with E-state index in [2.05, 4.69) is 10.5 Å². The van der Waals surface area contributed by atoms with E-state index in [9.17, 15) is 4.79 Å². The minimum Gasteiger partial charge on any atom is -0.381 e. The molecule has 2 heterocycles. The molecule has 1 saturated heterocycles. The van der Waals surface area contributed by atoms with Crippen LogP contribution in [0.1, 0.15) is 24.3 Å². The van der Waals surface area contributed by atoms with Crippen LogP contribution in [0.25, 0.3) is 0 Å². The predicted octanol–water partition coefficient (Wildman–Crippen LogP) is 0.107. The summed E-state index contributed by atoms with van der Waals surface area (Å²) >= 11 is 0. The fraction of sp³-hybridized carbons (Fsp3) is 0.636. The summed E-state index contributed by atoms with van der Waals surface area (Å²) in [6, 6.07) is 1.79. The lowest BCUT2D eigenvalue weighted by Crippen LogP contribution is -2.56. The van der Waals surface area contributed by atoms with Gasteiger partial charge in [0, 0.05) is 19.3 Å². The van der Waals surface area contributed by atoms with Crippen LogP contribution in [0.3, 0.4) is 0 Å². The van der Waals surface area contributed by atoms with Gasteiger partial charge in [-0.1, -0.05) is 5.16 Å². The fourth-order valence-corrected chi connectivity index (χ4v) is 1.81. The van der Waals surface area contributed by atoms with E-state index in [-0.39, 0.29) is 5.91 Å². The van der Waals surface area contributed by atoms with Gasteiger partial charge in [0.2, 0.25) is 5.91 Å². The molecule has 1 amide bonds. The number of aryl methyl sites for hydroxylation is 1. The Hall–Kier alpha value is -1.40. The van der Waals surface area contributed by atoms with Crippen LogP contribution in [0.15, 0.2) is 10.6 Å². The number of rotatable bonds is 3. The summed E-state index contributed by atoms with van der Waals surface area (Å²) in [4.78, 5) is 11.9. The van der Waals surface area contributed by atoms with Crippen molar-refractivity contribution in [1.82, 2.24) is 10.5 Å². The minimum atomic E-state index is -0.809. The Kier molecular flexibility index (Phi) is 3.44. The molecule has 1 aromatic rings. The van der Waals surface area contributed by atoms with Crippen LogP contribution in [0, 0.1) is 6.92 Å². The van der Waals surface area contributed by atoms with Crippen LogP contribution in [-0.4, -0.2) is 29.8 Å². The highest BCUT2D eigenvalue weighted by Gasteiger charge is 2.35. The zero-order valence-corrected chi connectivity index (χ0v) is 9.86. The number of nitrogens with zero attached hydrogens (tertiary/aromatic N) is 1. The highest BCUT2D eigenvalue weighted by atomic mass is 16.5. The molecular weight excluding hydrogens is 222 g/mol. The van der Waals surface area contributed by atoms with E-state index in [1.54, 1.807) is 13.0 Å². The Balaban J connectivity index is 1.88. The molecule has 2 rings (SSSR count). The van der Waals surface area contributed by atoms with Crippen molar-refractivity contribution >= 4 is 5.91 Å². The normalized spacial score (nSPS) is 18.9. The van der Waals surface area contributed by atoms with E-state index in [0.29, 0.717) is 38.3 Å². The molecule has 1 aliphatic heterocycles. The molecule has 0 unspecified atom stereocenters. The lowest BCUT2D eigenvalue weighted by Gasteiger charge is -2.31. The largest absolute Gasteiger partial charge is 0.381 e. The van der Waals surface area contributed by atoms with Gasteiger partial charge < -0.3 is 20.3 Å². The monoisotopic (exact) mass is 239 g/mol. The van der Waals surface area contributed by atoms with E-state index < -0.39 is 5.54 Å². The summed E-state index contributed by atoms with van der Waals surface area (Å²) in [5.41, 5.74) is 5.93. The first kappa shape index (κ1) is 12.1. The predicted molar refractivity (Wildman–Crippen MR) is 60.1 cm³/mol. The third kappa shape index (κ3) is 2.83. The molecule has 1 fully saturated rings. The van der Waals surface area contributed by atoms with Crippen LogP contribution in [0.2, 0.25) is 0 Å². The molecule has 1 aromatic heterocycles. The van der Waals surface area contributed by atoms with E-state index >= 15 is 0 Å². The van der Waals surface area contributed by atoms with Crippen molar-refractivity contribution in [3.63, 3.8) is 0 Å². The first-order valence-corrected chi connectivity index (χ1v) is 5.67. The first-order chi connectivity index (χ1) is 8.10. The second-order valence-electron chi connectivity index (χ2n) is 4.38. The summed E-state index contributed by atoms with van der Waals surface area (Å²) in [6.07, 6.45) is 1.10. The minimum absolute atomic E-state index is 0.151. The lowest BCUT2D eigenvalue weighted by atomic mass is 9.90. The zero-order valence-electron chi connectivity index (χ0n) is 9.86. The van der Waals surface area contributed by atoms with Crippen molar-refractivity contribution in [2.75, 3.05) is 13.2 Å². The third-order valence-corrected chi connectivity index (χ3v) is 2.94. The summed E-state index contributed by atoms with van der Waals surface area (Å²) < 4.78 is 10.1. The quantitative estimate of drug-likeness (QED) is 0.781. The number of carbonyl (C=O) groups is 1. The summed E-state index contributed by atoms with van der Waals surface area (Å²) in [7, 11) is 0. The second-order valence-corrected chi connectivity index (χ2v) is 4.38. The highest BCUT2D eigenvalue weighted by molar-refractivity contribution is 5.86. The molecule has 0 aliphatic carbocycles. The van der Waals surface area contributed by atoms with Gasteiger partial charge in [-0.15, -0.1) is 0 Å². The van der Waals surface area contributed by atoms with Gasteiger partial charge in [0.1, 0.15) is 11.5 Å². The topological polar surface area (TPSA) is 90.4 Å². The molecule has 0 bridgehead atoms. The molecule has 0 radical (unpaired) electrons. The average Bonchev–Trinajstić information content (AvgIpc) is 2.73. The Labute approximate surface area is 99.5 Å². The van der Waals surface area contributed by atoms with Crippen molar-refractivity contribution in [2.45, 2.75) is 31.8 Å². The van der Waals surface area contributed by atoms with E-state index in [1.165, 1.54) is 0 Å². The van der Waals surface area contributed by atoms with Crippen LogP contribution < -0.4 is 11.1 Å². The average molecular weight is 239 g/mol. The van der Waals surface area contributed by atoms with Crippen molar-refractivity contribution < 1.29 is 14.1 Å². The zero-order chi connectivity index (χ0) is 12.3. The molecular formula is C11H17N3O3. The van der Waals surface area contributed by atoms with Crippen LogP contribution in [0.4, 0.5) is 0 Å². The standard InChI is InChI=1S/C11H17N3O3/c1-8-6-9(14-17-8)7-13-10(15)11(12)2-4-16-5-3-11/h6H,2-5,7,12H2,1H3,(H,13,15). The van der Waals surface area contributed by atoms with E-state index in [4.69, 9.17) is 15.0 Å². The third-order valence-electron chi connectivity index (χ3n) is 2.94. The molecule has 94 valence electrons. The van der Waals surface area contributed by atoms with Crippen molar-refractivity contribution in [1.29, 1.82) is 0 Å². The number of hydrogen-bond acceptors (Lipinski definition) is 5. The van der Waals surface area contributed by atoms with Gasteiger partial charge in [-0.05, 0) is 19.8 Å². The number of ether oxygens (including phenoxy) is 1. The number of carbonyl (C=O) groups excluding carboxylic acids is 1. The molecule has 6 heteroatoms. The van der Waals surface area contributed by atoms with Crippen LogP contribution in [0.5, 0.6) is 0 Å².